The predicted molar refractivity (Wildman–Crippen MR) is 113 cm³/mol. The number of hydrogen-bond acceptors (Lipinski definition) is 5. The quantitative estimate of drug-likeness (QED) is 0.364. The Kier molecular flexibility index (Phi) is 5.07. The summed E-state index contributed by atoms with van der Waals surface area (Å²) in [7, 11) is 0. The zero-order valence-corrected chi connectivity index (χ0v) is 17.5. The molecule has 4 aromatic heterocycles. The molecular weight excluding hydrogens is 494 g/mol. The monoisotopic (exact) mass is 504 g/mol. The normalized spacial score (nSPS) is 12.3. The molecule has 0 atom stereocenters. The van der Waals surface area contributed by atoms with E-state index in [9.17, 15) is 35.9 Å². The maximum atomic E-state index is 14.1. The number of aromatic nitrogens is 5. The molecule has 4 heterocycles. The Morgan fingerprint density at radius 1 is 1.03 bits per heavy atom. The number of nitrogens with one attached hydrogen (secondary N) is 2. The third-order valence-corrected chi connectivity index (χ3v) is 5.31. The summed E-state index contributed by atoms with van der Waals surface area (Å²) in [4.78, 5) is 33.9. The summed E-state index contributed by atoms with van der Waals surface area (Å²) in [5, 5.41) is 6.39. The molecular formula is C22H10F6N6O2. The van der Waals surface area contributed by atoms with E-state index in [2.05, 4.69) is 20.1 Å². The number of amides is 1. The fourth-order valence-corrected chi connectivity index (χ4v) is 3.84. The molecule has 0 unspecified atom stereocenters. The summed E-state index contributed by atoms with van der Waals surface area (Å²) in [6.45, 7) is 0. The van der Waals surface area contributed by atoms with Gasteiger partial charge in [0, 0.05) is 28.2 Å². The Morgan fingerprint density at radius 3 is 2.50 bits per heavy atom. The first-order valence-electron chi connectivity index (χ1n) is 9.93. The van der Waals surface area contributed by atoms with Gasteiger partial charge in [0.2, 0.25) is 0 Å². The summed E-state index contributed by atoms with van der Waals surface area (Å²) < 4.78 is 81.6. The molecule has 0 bridgehead atoms. The standard InChI is InChI=1S/C22H10F6N6O2/c23-21(24,25)16-6-10(4-5-29-16)32-20(36)12-7-31-34(19(12)22(26,27)28)15-8-30-18-14(9-35)33-13-3-1-2-11(15)17(13)18/h1-8,33H,(H,29,32,36). The van der Waals surface area contributed by atoms with E-state index in [1.807, 2.05) is 5.32 Å². The minimum Gasteiger partial charge on any atom is -0.344 e. The maximum Gasteiger partial charge on any atom is 0.434 e. The Hall–Kier alpha value is -4.71. The lowest BCUT2D eigenvalue weighted by Gasteiger charge is -2.14. The molecule has 182 valence electrons. The molecule has 1 amide bonds. The Labute approximate surface area is 195 Å². The maximum absolute atomic E-state index is 14.1. The second-order valence-corrected chi connectivity index (χ2v) is 7.52. The number of aromatic amines is 1. The van der Waals surface area contributed by atoms with Gasteiger partial charge >= 0.3 is 12.4 Å². The van der Waals surface area contributed by atoms with Gasteiger partial charge in [0.05, 0.1) is 23.6 Å². The average Bonchev–Trinajstić information content (AvgIpc) is 3.42. The number of anilines is 1. The smallest absolute Gasteiger partial charge is 0.344 e. The van der Waals surface area contributed by atoms with Gasteiger partial charge in [0.25, 0.3) is 5.91 Å². The van der Waals surface area contributed by atoms with Crippen LogP contribution in [0.25, 0.3) is 27.5 Å². The number of benzene rings is 1. The fraction of sp³-hybridized carbons (Fsp3) is 0.0909. The van der Waals surface area contributed by atoms with E-state index in [1.165, 1.54) is 12.1 Å². The molecule has 2 N–H and O–H groups in total. The van der Waals surface area contributed by atoms with E-state index in [1.54, 1.807) is 12.0 Å². The van der Waals surface area contributed by atoms with Gasteiger partial charge in [-0.1, -0.05) is 12.1 Å². The lowest BCUT2D eigenvalue weighted by Crippen LogP contribution is -2.21. The number of pyridine rings is 2. The predicted octanol–water partition coefficient (Wildman–Crippen LogP) is 3.81. The highest BCUT2D eigenvalue weighted by molar-refractivity contribution is 6.11. The van der Waals surface area contributed by atoms with Crippen molar-refractivity contribution in [3.05, 3.63) is 71.2 Å². The number of rotatable bonds is 3. The van der Waals surface area contributed by atoms with Crippen LogP contribution in [0.15, 0.2) is 48.9 Å². The van der Waals surface area contributed by atoms with Crippen LogP contribution in [0.3, 0.4) is 0 Å². The highest BCUT2D eigenvalue weighted by atomic mass is 19.4. The first-order valence-corrected chi connectivity index (χ1v) is 9.93. The van der Waals surface area contributed by atoms with E-state index in [0.29, 0.717) is 27.8 Å². The Morgan fingerprint density at radius 2 is 1.81 bits per heavy atom. The molecule has 14 heteroatoms. The summed E-state index contributed by atoms with van der Waals surface area (Å²) >= 11 is 0. The van der Waals surface area contributed by atoms with Crippen LogP contribution in [-0.2, 0) is 17.1 Å². The Bertz CT molecular complexity index is 1730. The van der Waals surface area contributed by atoms with Crippen molar-refractivity contribution >= 4 is 39.3 Å². The summed E-state index contributed by atoms with van der Waals surface area (Å²) in [6.07, 6.45) is -7.43. The van der Waals surface area contributed by atoms with Crippen molar-refractivity contribution in [2.75, 3.05) is 5.32 Å². The number of nitrogens with zero attached hydrogens (tertiary/aromatic N) is 4. The van der Waals surface area contributed by atoms with E-state index >= 15 is 0 Å². The molecule has 0 spiro atoms. The van der Waals surface area contributed by atoms with Crippen LogP contribution in [0.5, 0.6) is 0 Å². The molecule has 36 heavy (non-hydrogen) atoms. The van der Waals surface area contributed by atoms with Crippen LogP contribution >= 0.6 is 0 Å². The summed E-state index contributed by atoms with van der Waals surface area (Å²) in [5.41, 5.74) is -3.66. The van der Waals surface area contributed by atoms with Gasteiger partial charge in [-0.05, 0) is 18.2 Å². The van der Waals surface area contributed by atoms with E-state index in [4.69, 9.17) is 0 Å². The van der Waals surface area contributed by atoms with Crippen molar-refractivity contribution in [1.29, 1.82) is 0 Å². The molecule has 0 fully saturated rings. The number of hydrogen-bond donors (Lipinski definition) is 2. The van der Waals surface area contributed by atoms with Crippen LogP contribution in [-0.4, -0.2) is 36.6 Å². The van der Waals surface area contributed by atoms with Crippen LogP contribution in [0.4, 0.5) is 32.0 Å². The molecule has 0 aliphatic rings. The van der Waals surface area contributed by atoms with Crippen molar-refractivity contribution in [2.24, 2.45) is 0 Å². The van der Waals surface area contributed by atoms with E-state index in [0.717, 1.165) is 18.5 Å². The van der Waals surface area contributed by atoms with Crippen LogP contribution in [0.2, 0.25) is 0 Å². The topological polar surface area (TPSA) is 106 Å². The van der Waals surface area contributed by atoms with Crippen LogP contribution in [0, 0.1) is 0 Å². The number of H-pyrrole nitrogens is 1. The van der Waals surface area contributed by atoms with Crippen molar-refractivity contribution in [3.8, 4) is 5.69 Å². The van der Waals surface area contributed by atoms with E-state index < -0.39 is 40.9 Å². The van der Waals surface area contributed by atoms with Gasteiger partial charge in [-0.2, -0.15) is 31.4 Å². The van der Waals surface area contributed by atoms with Gasteiger partial charge in [-0.25, -0.2) is 9.48 Å². The first-order chi connectivity index (χ1) is 17.0. The highest BCUT2D eigenvalue weighted by Gasteiger charge is 2.41. The van der Waals surface area contributed by atoms with Gasteiger partial charge in [0.1, 0.15) is 11.2 Å². The molecule has 0 aliphatic heterocycles. The highest BCUT2D eigenvalue weighted by Crippen LogP contribution is 2.36. The van der Waals surface area contributed by atoms with Gasteiger partial charge in [-0.3, -0.25) is 14.8 Å². The third-order valence-electron chi connectivity index (χ3n) is 5.31. The summed E-state index contributed by atoms with van der Waals surface area (Å²) in [5.74, 6) is 0.350. The number of alkyl halides is 6. The largest absolute Gasteiger partial charge is 0.434 e. The molecule has 5 rings (SSSR count). The third kappa shape index (κ3) is 3.73. The Balaban J connectivity index is 1.64. The molecule has 0 aliphatic carbocycles. The fourth-order valence-electron chi connectivity index (χ4n) is 3.84. The second-order valence-electron chi connectivity index (χ2n) is 7.52. The molecule has 5 aromatic rings. The number of carbonyl (C=O) groups is 1. The van der Waals surface area contributed by atoms with Crippen molar-refractivity contribution in [1.82, 2.24) is 24.7 Å². The molecule has 8 nitrogen and oxygen atoms in total. The SMILES string of the molecule is O=C=c1[nH]c2cccc3c(-n4ncc(C(=O)Nc5ccnc(C(F)(F)F)c5)c4C(F)(F)F)cnc1c23. The molecule has 1 aromatic carbocycles. The zero-order chi connectivity index (χ0) is 25.8. The summed E-state index contributed by atoms with van der Waals surface area (Å²) in [6, 6.07) is 6.12. The molecule has 0 saturated heterocycles. The zero-order valence-electron chi connectivity index (χ0n) is 17.5. The number of carbonyl (C=O) groups excluding carboxylic acids is 2. The van der Waals surface area contributed by atoms with Crippen molar-refractivity contribution in [2.45, 2.75) is 12.4 Å². The van der Waals surface area contributed by atoms with E-state index in [-0.39, 0.29) is 21.9 Å². The van der Waals surface area contributed by atoms with Crippen LogP contribution in [0.1, 0.15) is 21.7 Å². The lowest BCUT2D eigenvalue weighted by atomic mass is 10.1. The first kappa shape index (κ1) is 23.1. The number of halogens is 6. The second kappa shape index (κ2) is 7.92. The minimum atomic E-state index is -5.09. The lowest BCUT2D eigenvalue weighted by molar-refractivity contribution is -0.143. The van der Waals surface area contributed by atoms with Gasteiger partial charge in [-0.15, -0.1) is 0 Å². The van der Waals surface area contributed by atoms with Crippen LogP contribution < -0.4 is 10.7 Å². The minimum absolute atomic E-state index is 0.0138. The van der Waals surface area contributed by atoms with Gasteiger partial charge in [0.15, 0.2) is 17.0 Å². The van der Waals surface area contributed by atoms with Crippen molar-refractivity contribution in [3.63, 3.8) is 0 Å². The van der Waals surface area contributed by atoms with Crippen molar-refractivity contribution < 1.29 is 35.9 Å². The molecule has 0 saturated carbocycles. The average molecular weight is 504 g/mol. The molecule has 0 radical (unpaired) electrons. The van der Waals surface area contributed by atoms with Gasteiger partial charge < -0.3 is 10.3 Å².